The van der Waals surface area contributed by atoms with Crippen LogP contribution in [-0.4, -0.2) is 57.8 Å². The lowest BCUT2D eigenvalue weighted by atomic mass is 9.95. The largest absolute Gasteiger partial charge is 0.454 e. The van der Waals surface area contributed by atoms with Gasteiger partial charge in [-0.05, 0) is 55.5 Å². The summed E-state index contributed by atoms with van der Waals surface area (Å²) >= 11 is 1.31. The van der Waals surface area contributed by atoms with Crippen LogP contribution in [0.25, 0.3) is 0 Å². The summed E-state index contributed by atoms with van der Waals surface area (Å²) < 4.78 is 10.7. The molecule has 3 heterocycles. The number of rotatable bonds is 9. The second-order valence-corrected chi connectivity index (χ2v) is 12.1. The minimum absolute atomic E-state index is 0.0169. The molecule has 2 N–H and O–H groups in total. The van der Waals surface area contributed by atoms with Gasteiger partial charge >= 0.3 is 0 Å². The van der Waals surface area contributed by atoms with Gasteiger partial charge in [0.05, 0.1) is 10.9 Å². The second-order valence-electron chi connectivity index (χ2n) is 10.9. The van der Waals surface area contributed by atoms with Crippen molar-refractivity contribution in [3.63, 3.8) is 0 Å². The number of ether oxygens (including phenoxy) is 2. The van der Waals surface area contributed by atoms with Gasteiger partial charge in [-0.2, -0.15) is 0 Å². The molecular formula is C31H35N5O5S. The van der Waals surface area contributed by atoms with E-state index in [0.717, 1.165) is 36.8 Å². The van der Waals surface area contributed by atoms with Crippen LogP contribution in [-0.2, 0) is 20.9 Å². The van der Waals surface area contributed by atoms with Crippen molar-refractivity contribution in [2.45, 2.75) is 82.2 Å². The molecule has 0 spiro atoms. The van der Waals surface area contributed by atoms with E-state index >= 15 is 0 Å². The van der Waals surface area contributed by atoms with E-state index in [4.69, 9.17) is 19.5 Å². The molecule has 3 aliphatic heterocycles. The van der Waals surface area contributed by atoms with Crippen molar-refractivity contribution in [2.75, 3.05) is 6.79 Å². The van der Waals surface area contributed by atoms with E-state index in [1.54, 1.807) is 4.90 Å². The van der Waals surface area contributed by atoms with Gasteiger partial charge in [-0.1, -0.05) is 56.1 Å². The Morgan fingerprint density at radius 3 is 2.74 bits per heavy atom. The molecule has 0 bridgehead atoms. The van der Waals surface area contributed by atoms with E-state index in [0.29, 0.717) is 41.2 Å². The highest BCUT2D eigenvalue weighted by Crippen LogP contribution is 2.36. The summed E-state index contributed by atoms with van der Waals surface area (Å²) in [6, 6.07) is 12.6. The molecule has 1 saturated carbocycles. The first-order chi connectivity index (χ1) is 20.5. The predicted molar refractivity (Wildman–Crippen MR) is 161 cm³/mol. The maximum absolute atomic E-state index is 13.7. The Morgan fingerprint density at radius 1 is 1.10 bits per heavy atom. The zero-order valence-corrected chi connectivity index (χ0v) is 24.5. The summed E-state index contributed by atoms with van der Waals surface area (Å²) in [6.45, 7) is 2.51. The molecule has 11 heteroatoms. The number of hydrogen-bond acceptors (Lipinski definition) is 8. The van der Waals surface area contributed by atoms with Crippen molar-refractivity contribution in [1.29, 1.82) is 0 Å². The van der Waals surface area contributed by atoms with Gasteiger partial charge in [-0.15, -0.1) is 0 Å². The van der Waals surface area contributed by atoms with Gasteiger partial charge in [0.15, 0.2) is 16.7 Å². The number of nitrogens with one attached hydrogen (secondary N) is 2. The maximum atomic E-state index is 13.7. The fourth-order valence-electron chi connectivity index (χ4n) is 5.67. The van der Waals surface area contributed by atoms with Gasteiger partial charge in [-0.3, -0.25) is 19.4 Å². The van der Waals surface area contributed by atoms with Gasteiger partial charge in [0.25, 0.3) is 5.91 Å². The Hall–Kier alpha value is -3.86. The van der Waals surface area contributed by atoms with Gasteiger partial charge in [0.1, 0.15) is 11.9 Å². The van der Waals surface area contributed by atoms with Crippen molar-refractivity contribution < 1.29 is 23.9 Å². The average molecular weight is 590 g/mol. The van der Waals surface area contributed by atoms with Crippen LogP contribution in [0.1, 0.15) is 69.4 Å². The fourth-order valence-corrected chi connectivity index (χ4v) is 6.70. The minimum Gasteiger partial charge on any atom is -0.454 e. The average Bonchev–Trinajstić information content (AvgIpc) is 3.62. The first kappa shape index (κ1) is 28.3. The highest BCUT2D eigenvalue weighted by molar-refractivity contribution is 8.15. The van der Waals surface area contributed by atoms with E-state index in [1.165, 1.54) is 18.2 Å². The van der Waals surface area contributed by atoms with E-state index in [9.17, 15) is 14.4 Å². The highest BCUT2D eigenvalue weighted by Gasteiger charge is 2.42. The SMILES string of the molecule is CC[C@H](SC1=Nc2ccccc2C2=N[C@@H](CCC(=O)NCc3ccc4c(c3)OCO4)C(=O)N12)C(=O)NC1CCCCC1. The summed E-state index contributed by atoms with van der Waals surface area (Å²) in [4.78, 5) is 50.7. The number of para-hydroxylation sites is 1. The van der Waals surface area contributed by atoms with Gasteiger partial charge in [-0.25, -0.2) is 9.89 Å². The van der Waals surface area contributed by atoms with Gasteiger partial charge < -0.3 is 20.1 Å². The number of fused-ring (bicyclic) bond motifs is 4. The molecule has 0 radical (unpaired) electrons. The number of hydrogen-bond donors (Lipinski definition) is 2. The normalized spacial score (nSPS) is 19.9. The van der Waals surface area contributed by atoms with Crippen molar-refractivity contribution in [1.82, 2.24) is 15.5 Å². The van der Waals surface area contributed by atoms with Crippen LogP contribution < -0.4 is 20.1 Å². The summed E-state index contributed by atoms with van der Waals surface area (Å²) in [5, 5.41) is 6.21. The van der Waals surface area contributed by atoms with E-state index in [-0.39, 0.29) is 48.6 Å². The molecule has 2 aromatic rings. The van der Waals surface area contributed by atoms with Crippen LogP contribution in [0.4, 0.5) is 5.69 Å². The number of amides is 3. The topological polar surface area (TPSA) is 122 Å². The third-order valence-electron chi connectivity index (χ3n) is 7.98. The monoisotopic (exact) mass is 589 g/mol. The molecule has 2 aromatic carbocycles. The molecule has 0 unspecified atom stereocenters. The minimum atomic E-state index is -0.704. The fraction of sp³-hybridized carbons (Fsp3) is 0.452. The Kier molecular flexibility index (Phi) is 8.46. The summed E-state index contributed by atoms with van der Waals surface area (Å²) in [5.41, 5.74) is 2.38. The Bertz CT molecular complexity index is 1440. The molecule has 0 saturated heterocycles. The van der Waals surface area contributed by atoms with Crippen LogP contribution in [0.2, 0.25) is 0 Å². The molecule has 2 atom stereocenters. The third-order valence-corrected chi connectivity index (χ3v) is 9.30. The number of thioether (sulfide) groups is 1. The van der Waals surface area contributed by atoms with E-state index < -0.39 is 6.04 Å². The van der Waals surface area contributed by atoms with Crippen LogP contribution in [0.15, 0.2) is 52.4 Å². The second kappa shape index (κ2) is 12.6. The smallest absolute Gasteiger partial charge is 0.259 e. The van der Waals surface area contributed by atoms with Gasteiger partial charge in [0.2, 0.25) is 18.6 Å². The summed E-state index contributed by atoms with van der Waals surface area (Å²) in [7, 11) is 0. The van der Waals surface area contributed by atoms with Crippen LogP contribution in [0.3, 0.4) is 0 Å². The third kappa shape index (κ3) is 6.01. The zero-order chi connectivity index (χ0) is 29.1. The van der Waals surface area contributed by atoms with Crippen LogP contribution in [0, 0.1) is 0 Å². The standard InChI is InChI=1S/C31H35N5O5S/c1-2-26(29(38)33-20-8-4-3-5-9-20)42-31-35-22-11-7-6-10-21(22)28-34-23(30(39)36(28)31)13-15-27(37)32-17-19-12-14-24-25(16-19)41-18-40-24/h6-7,10-12,14,16,20,23,26H,2-5,8-9,13,15,17-18H2,1H3,(H,32,37)(H,33,38)/t23-,26-/m0/s1. The number of carbonyl (C=O) groups is 3. The summed E-state index contributed by atoms with van der Waals surface area (Å²) in [5.74, 6) is 1.48. The van der Waals surface area contributed by atoms with Crippen molar-refractivity contribution in [3.05, 3.63) is 53.6 Å². The first-order valence-electron chi connectivity index (χ1n) is 14.7. The number of amidine groups is 2. The zero-order valence-electron chi connectivity index (χ0n) is 23.6. The maximum Gasteiger partial charge on any atom is 0.259 e. The quantitative estimate of drug-likeness (QED) is 0.446. The molecule has 10 nitrogen and oxygen atoms in total. The molecule has 1 aliphatic carbocycles. The Balaban J connectivity index is 1.11. The number of benzene rings is 2. The number of aliphatic imine (C=N–C) groups is 2. The lowest BCUT2D eigenvalue weighted by Crippen LogP contribution is -2.45. The first-order valence-corrected chi connectivity index (χ1v) is 15.6. The number of nitrogens with zero attached hydrogens (tertiary/aromatic N) is 3. The Labute approximate surface area is 249 Å². The molecule has 0 aromatic heterocycles. The highest BCUT2D eigenvalue weighted by atomic mass is 32.2. The lowest BCUT2D eigenvalue weighted by Gasteiger charge is -2.29. The molecular weight excluding hydrogens is 554 g/mol. The van der Waals surface area contributed by atoms with Crippen LogP contribution >= 0.6 is 11.8 Å². The van der Waals surface area contributed by atoms with Crippen LogP contribution in [0.5, 0.6) is 11.5 Å². The molecule has 220 valence electrons. The van der Waals surface area contributed by atoms with E-state index in [2.05, 4.69) is 10.6 Å². The van der Waals surface area contributed by atoms with Crippen molar-refractivity contribution in [3.8, 4) is 11.5 Å². The van der Waals surface area contributed by atoms with Crippen molar-refractivity contribution >= 4 is 46.2 Å². The molecule has 4 aliphatic rings. The molecule has 1 fully saturated rings. The summed E-state index contributed by atoms with van der Waals surface area (Å²) in [6.07, 6.45) is 6.53. The van der Waals surface area contributed by atoms with Gasteiger partial charge in [0, 0.05) is 24.6 Å². The number of carbonyl (C=O) groups excluding carboxylic acids is 3. The predicted octanol–water partition coefficient (Wildman–Crippen LogP) is 4.43. The molecule has 6 rings (SSSR count). The molecule has 3 amide bonds. The van der Waals surface area contributed by atoms with Crippen molar-refractivity contribution in [2.24, 2.45) is 9.98 Å². The Morgan fingerprint density at radius 2 is 1.90 bits per heavy atom. The molecule has 42 heavy (non-hydrogen) atoms. The van der Waals surface area contributed by atoms with E-state index in [1.807, 2.05) is 49.4 Å². The lowest BCUT2D eigenvalue weighted by molar-refractivity contribution is -0.125.